The lowest BCUT2D eigenvalue weighted by atomic mass is 9.99. The average Bonchev–Trinajstić information content (AvgIpc) is 2.67. The lowest BCUT2D eigenvalue weighted by molar-refractivity contribution is 0.607. The number of nitrogens with zero attached hydrogens (tertiary/aromatic N) is 1. The summed E-state index contributed by atoms with van der Waals surface area (Å²) in [6.07, 6.45) is 1.74. The predicted molar refractivity (Wildman–Crippen MR) is 88.2 cm³/mol. The molecule has 1 aromatic heterocycles. The van der Waals surface area contributed by atoms with Crippen molar-refractivity contribution in [2.75, 3.05) is 0 Å². The molecule has 0 spiro atoms. The van der Waals surface area contributed by atoms with Crippen molar-refractivity contribution >= 4 is 0 Å². The summed E-state index contributed by atoms with van der Waals surface area (Å²) >= 11 is 0. The maximum atomic E-state index is 12.8. The van der Waals surface area contributed by atoms with Crippen LogP contribution in [0.3, 0.4) is 0 Å². The first-order valence-electron chi connectivity index (χ1n) is 7.79. The number of hydrogen-bond donors (Lipinski definition) is 1. The van der Waals surface area contributed by atoms with Crippen molar-refractivity contribution in [2.45, 2.75) is 47.5 Å². The van der Waals surface area contributed by atoms with Gasteiger partial charge in [-0.1, -0.05) is 45.9 Å². The Hall–Kier alpha value is -1.77. The minimum absolute atomic E-state index is 0.105. The molecule has 0 aliphatic carbocycles. The first-order valence-corrected chi connectivity index (χ1v) is 7.79. The summed E-state index contributed by atoms with van der Waals surface area (Å²) in [4.78, 5) is 12.8. The SMILES string of the molecule is Cc1ccccc1-n1[nH]c(CC(C)C)c(CC(C)C)c1=O. The zero-order chi connectivity index (χ0) is 15.6. The Balaban J connectivity index is 2.56. The molecule has 0 aliphatic heterocycles. The van der Waals surface area contributed by atoms with E-state index >= 15 is 0 Å². The van der Waals surface area contributed by atoms with Crippen molar-refractivity contribution in [2.24, 2.45) is 11.8 Å². The van der Waals surface area contributed by atoms with Crippen LogP contribution in [0.5, 0.6) is 0 Å². The molecule has 0 saturated carbocycles. The first-order chi connectivity index (χ1) is 9.90. The third kappa shape index (κ3) is 3.46. The molecule has 0 fully saturated rings. The number of benzene rings is 1. The van der Waals surface area contributed by atoms with Crippen LogP contribution in [-0.4, -0.2) is 9.78 Å². The number of aryl methyl sites for hydroxylation is 1. The fourth-order valence-electron chi connectivity index (χ4n) is 2.70. The highest BCUT2D eigenvalue weighted by Gasteiger charge is 2.17. The van der Waals surface area contributed by atoms with Crippen LogP contribution in [0, 0.1) is 18.8 Å². The van der Waals surface area contributed by atoms with E-state index in [1.54, 1.807) is 4.68 Å². The minimum atomic E-state index is 0.105. The summed E-state index contributed by atoms with van der Waals surface area (Å²) in [6.45, 7) is 10.7. The zero-order valence-electron chi connectivity index (χ0n) is 13.7. The Morgan fingerprint density at radius 1 is 1.05 bits per heavy atom. The highest BCUT2D eigenvalue weighted by Crippen LogP contribution is 2.17. The lowest BCUT2D eigenvalue weighted by Gasteiger charge is -2.07. The molecule has 0 bridgehead atoms. The van der Waals surface area contributed by atoms with Crippen LogP contribution in [0.2, 0.25) is 0 Å². The number of hydrogen-bond acceptors (Lipinski definition) is 1. The van der Waals surface area contributed by atoms with Gasteiger partial charge in [0, 0.05) is 11.3 Å². The molecule has 1 N–H and O–H groups in total. The molecule has 0 saturated heterocycles. The van der Waals surface area contributed by atoms with Gasteiger partial charge in [-0.3, -0.25) is 9.89 Å². The van der Waals surface area contributed by atoms with Crippen LogP contribution in [0.25, 0.3) is 5.69 Å². The quantitative estimate of drug-likeness (QED) is 0.890. The van der Waals surface area contributed by atoms with Crippen molar-refractivity contribution in [1.82, 2.24) is 9.78 Å². The number of H-pyrrole nitrogens is 1. The molecule has 0 unspecified atom stereocenters. The Morgan fingerprint density at radius 2 is 1.67 bits per heavy atom. The third-order valence-electron chi connectivity index (χ3n) is 3.65. The summed E-state index contributed by atoms with van der Waals surface area (Å²) in [6, 6.07) is 8.00. The Morgan fingerprint density at radius 3 is 2.24 bits per heavy atom. The van der Waals surface area contributed by atoms with Crippen LogP contribution in [0.4, 0.5) is 0 Å². The van der Waals surface area contributed by atoms with Gasteiger partial charge >= 0.3 is 0 Å². The van der Waals surface area contributed by atoms with Crippen LogP contribution in [-0.2, 0) is 12.8 Å². The van der Waals surface area contributed by atoms with Gasteiger partial charge in [0.2, 0.25) is 0 Å². The monoisotopic (exact) mass is 286 g/mol. The molecular formula is C18H26N2O. The van der Waals surface area contributed by atoms with E-state index in [9.17, 15) is 4.79 Å². The van der Waals surface area contributed by atoms with Gasteiger partial charge in [-0.25, -0.2) is 4.68 Å². The molecular weight excluding hydrogens is 260 g/mol. The second-order valence-corrected chi connectivity index (χ2v) is 6.69. The number of aromatic nitrogens is 2. The molecule has 21 heavy (non-hydrogen) atoms. The van der Waals surface area contributed by atoms with Crippen molar-refractivity contribution < 1.29 is 0 Å². The Kier molecular flexibility index (Phi) is 4.71. The smallest absolute Gasteiger partial charge is 0.274 e. The highest BCUT2D eigenvalue weighted by atomic mass is 16.1. The molecule has 0 radical (unpaired) electrons. The highest BCUT2D eigenvalue weighted by molar-refractivity contribution is 5.40. The Labute approximate surface area is 127 Å². The number of nitrogens with one attached hydrogen (secondary N) is 1. The largest absolute Gasteiger partial charge is 0.295 e. The first kappa shape index (κ1) is 15.6. The summed E-state index contributed by atoms with van der Waals surface area (Å²) in [5.41, 5.74) is 4.19. The fourth-order valence-corrected chi connectivity index (χ4v) is 2.70. The van der Waals surface area contributed by atoms with Crippen LogP contribution in [0.1, 0.15) is 44.5 Å². The Bertz CT molecular complexity index is 662. The number of aromatic amines is 1. The van der Waals surface area contributed by atoms with Crippen molar-refractivity contribution in [3.05, 3.63) is 51.4 Å². The normalized spacial score (nSPS) is 11.6. The molecule has 3 heteroatoms. The number of para-hydroxylation sites is 1. The van der Waals surface area contributed by atoms with Crippen LogP contribution in [0.15, 0.2) is 29.1 Å². The van der Waals surface area contributed by atoms with Gasteiger partial charge < -0.3 is 0 Å². The second-order valence-electron chi connectivity index (χ2n) is 6.69. The maximum Gasteiger partial charge on any atom is 0.274 e. The molecule has 0 atom stereocenters. The fraction of sp³-hybridized carbons (Fsp3) is 0.500. The molecule has 2 rings (SSSR count). The molecule has 114 valence electrons. The molecule has 3 nitrogen and oxygen atoms in total. The molecule has 2 aromatic rings. The maximum absolute atomic E-state index is 12.8. The third-order valence-corrected chi connectivity index (χ3v) is 3.65. The van der Waals surface area contributed by atoms with E-state index in [4.69, 9.17) is 0 Å². The second kappa shape index (κ2) is 6.33. The standard InChI is InChI=1S/C18H26N2O/c1-12(2)10-15-16(11-13(3)4)19-20(18(15)21)17-9-7-6-8-14(17)5/h6-9,12-13,19H,10-11H2,1-5H3. The summed E-state index contributed by atoms with van der Waals surface area (Å²) in [5.74, 6) is 1.00. The van der Waals surface area contributed by atoms with Gasteiger partial charge in [0.25, 0.3) is 5.56 Å². The predicted octanol–water partition coefficient (Wildman–Crippen LogP) is 3.87. The van der Waals surface area contributed by atoms with E-state index in [1.807, 2.05) is 31.2 Å². The van der Waals surface area contributed by atoms with E-state index in [-0.39, 0.29) is 5.56 Å². The van der Waals surface area contributed by atoms with E-state index in [0.717, 1.165) is 35.3 Å². The zero-order valence-corrected chi connectivity index (χ0v) is 13.7. The van der Waals surface area contributed by atoms with E-state index in [2.05, 4.69) is 32.8 Å². The summed E-state index contributed by atoms with van der Waals surface area (Å²) in [7, 11) is 0. The van der Waals surface area contributed by atoms with Crippen molar-refractivity contribution in [3.63, 3.8) is 0 Å². The van der Waals surface area contributed by atoms with E-state index < -0.39 is 0 Å². The van der Waals surface area contributed by atoms with Gasteiger partial charge in [0.15, 0.2) is 0 Å². The molecule has 1 heterocycles. The van der Waals surface area contributed by atoms with E-state index in [1.165, 1.54) is 0 Å². The molecule has 1 aromatic carbocycles. The van der Waals surface area contributed by atoms with Crippen molar-refractivity contribution in [1.29, 1.82) is 0 Å². The van der Waals surface area contributed by atoms with Gasteiger partial charge in [0.1, 0.15) is 0 Å². The van der Waals surface area contributed by atoms with Gasteiger partial charge in [0.05, 0.1) is 5.69 Å². The minimum Gasteiger partial charge on any atom is -0.295 e. The lowest BCUT2D eigenvalue weighted by Crippen LogP contribution is -2.19. The number of rotatable bonds is 5. The molecule has 0 aliphatic rings. The van der Waals surface area contributed by atoms with Gasteiger partial charge in [-0.15, -0.1) is 0 Å². The van der Waals surface area contributed by atoms with Gasteiger partial charge in [-0.05, 0) is 43.2 Å². The van der Waals surface area contributed by atoms with Gasteiger partial charge in [-0.2, -0.15) is 0 Å². The van der Waals surface area contributed by atoms with E-state index in [0.29, 0.717) is 11.8 Å². The topological polar surface area (TPSA) is 37.8 Å². The van der Waals surface area contributed by atoms with Crippen LogP contribution >= 0.6 is 0 Å². The summed E-state index contributed by atoms with van der Waals surface area (Å²) in [5, 5.41) is 3.35. The van der Waals surface area contributed by atoms with Crippen molar-refractivity contribution in [3.8, 4) is 5.69 Å². The molecule has 0 amide bonds. The average molecular weight is 286 g/mol. The van der Waals surface area contributed by atoms with Crippen LogP contribution < -0.4 is 5.56 Å². The summed E-state index contributed by atoms with van der Waals surface area (Å²) < 4.78 is 1.71.